The molecule has 1 heterocycles. The number of benzene rings is 1. The van der Waals surface area contributed by atoms with Gasteiger partial charge in [0.2, 0.25) is 0 Å². The fourth-order valence-electron chi connectivity index (χ4n) is 1.58. The van der Waals surface area contributed by atoms with E-state index in [0.29, 0.717) is 24.5 Å². The zero-order valence-electron chi connectivity index (χ0n) is 10.2. The minimum atomic E-state index is 0.158. The first-order valence-corrected chi connectivity index (χ1v) is 7.33. The second kappa shape index (κ2) is 7.06. The van der Waals surface area contributed by atoms with E-state index in [1.165, 1.54) is 0 Å². The molecule has 19 heavy (non-hydrogen) atoms. The van der Waals surface area contributed by atoms with Crippen LogP contribution in [-0.4, -0.2) is 26.7 Å². The van der Waals surface area contributed by atoms with Crippen LogP contribution in [0.15, 0.2) is 24.4 Å². The lowest BCUT2D eigenvalue weighted by molar-refractivity contribution is 0.276. The van der Waals surface area contributed by atoms with Gasteiger partial charge in [0.05, 0.1) is 23.5 Å². The molecule has 0 saturated heterocycles. The number of hydrogen-bond donors (Lipinski definition) is 2. The van der Waals surface area contributed by atoms with Gasteiger partial charge in [-0.05, 0) is 47.2 Å². The molecule has 2 rings (SSSR count). The summed E-state index contributed by atoms with van der Waals surface area (Å²) in [4.78, 5) is 0. The predicted molar refractivity (Wildman–Crippen MR) is 83.2 cm³/mol. The first-order valence-electron chi connectivity index (χ1n) is 5.88. The van der Waals surface area contributed by atoms with Gasteiger partial charge in [0, 0.05) is 16.7 Å². The van der Waals surface area contributed by atoms with Gasteiger partial charge in [0.1, 0.15) is 5.69 Å². The van der Waals surface area contributed by atoms with E-state index in [9.17, 15) is 0 Å². The molecule has 7 heteroatoms. The van der Waals surface area contributed by atoms with Crippen molar-refractivity contribution in [3.05, 3.63) is 38.7 Å². The van der Waals surface area contributed by atoms with Crippen molar-refractivity contribution in [1.29, 1.82) is 0 Å². The number of nitrogens with zero attached hydrogens (tertiary/aromatic N) is 3. The third kappa shape index (κ3) is 4.32. The molecule has 1 aromatic heterocycles. The van der Waals surface area contributed by atoms with Crippen molar-refractivity contribution in [1.82, 2.24) is 15.0 Å². The number of halogens is 2. The molecule has 0 spiro atoms. The molecule has 0 aliphatic carbocycles. The summed E-state index contributed by atoms with van der Waals surface area (Å²) >= 11 is 8.35. The van der Waals surface area contributed by atoms with Crippen LogP contribution in [0.25, 0.3) is 0 Å². The predicted octanol–water partition coefficient (Wildman–Crippen LogP) is 2.53. The van der Waals surface area contributed by atoms with E-state index in [2.05, 4.69) is 38.2 Å². The van der Waals surface area contributed by atoms with Gasteiger partial charge in [-0.15, -0.1) is 5.10 Å². The lowest BCUT2D eigenvalue weighted by atomic mass is 10.3. The van der Waals surface area contributed by atoms with Crippen molar-refractivity contribution >= 4 is 39.9 Å². The SMILES string of the molecule is OCCCn1cc(CNc2ccc(I)cc2Cl)nn1. The lowest BCUT2D eigenvalue weighted by Gasteiger charge is -2.06. The van der Waals surface area contributed by atoms with Gasteiger partial charge in [-0.25, -0.2) is 0 Å². The summed E-state index contributed by atoms with van der Waals surface area (Å²) < 4.78 is 2.83. The molecule has 0 bridgehead atoms. The van der Waals surface area contributed by atoms with Crippen molar-refractivity contribution < 1.29 is 5.11 Å². The van der Waals surface area contributed by atoms with Crippen molar-refractivity contribution in [3.8, 4) is 0 Å². The summed E-state index contributed by atoms with van der Waals surface area (Å²) in [5.74, 6) is 0. The highest BCUT2D eigenvalue weighted by Gasteiger charge is 2.03. The quantitative estimate of drug-likeness (QED) is 0.742. The maximum absolute atomic E-state index is 8.75. The number of anilines is 1. The van der Waals surface area contributed by atoms with Gasteiger partial charge in [0.15, 0.2) is 0 Å². The Hall–Kier alpha value is -0.860. The van der Waals surface area contributed by atoms with Crippen molar-refractivity contribution in [2.45, 2.75) is 19.5 Å². The molecule has 2 aromatic rings. The van der Waals surface area contributed by atoms with Crippen LogP contribution in [-0.2, 0) is 13.1 Å². The minimum Gasteiger partial charge on any atom is -0.396 e. The van der Waals surface area contributed by atoms with Gasteiger partial charge in [-0.2, -0.15) is 0 Å². The summed E-state index contributed by atoms with van der Waals surface area (Å²) in [5.41, 5.74) is 1.72. The van der Waals surface area contributed by atoms with Crippen molar-refractivity contribution in [2.75, 3.05) is 11.9 Å². The van der Waals surface area contributed by atoms with Gasteiger partial charge in [-0.3, -0.25) is 4.68 Å². The van der Waals surface area contributed by atoms with E-state index >= 15 is 0 Å². The molecular weight excluding hydrogens is 379 g/mol. The van der Waals surface area contributed by atoms with E-state index in [0.717, 1.165) is 15.0 Å². The number of aliphatic hydroxyl groups is 1. The second-order valence-corrected chi connectivity index (χ2v) is 5.68. The first kappa shape index (κ1) is 14.5. The molecule has 1 aromatic carbocycles. The van der Waals surface area contributed by atoms with Crippen LogP contribution in [0.4, 0.5) is 5.69 Å². The summed E-state index contributed by atoms with van der Waals surface area (Å²) in [7, 11) is 0. The molecule has 0 aliphatic heterocycles. The highest BCUT2D eigenvalue weighted by molar-refractivity contribution is 14.1. The molecule has 2 N–H and O–H groups in total. The standard InChI is InChI=1S/C12H14ClIN4O/c13-11-6-9(14)2-3-12(11)15-7-10-8-18(17-16-10)4-1-5-19/h2-3,6,8,15,19H,1,4-5,7H2. The van der Waals surface area contributed by atoms with Crippen molar-refractivity contribution in [2.24, 2.45) is 0 Å². The number of rotatable bonds is 6. The van der Waals surface area contributed by atoms with E-state index in [1.807, 2.05) is 24.4 Å². The van der Waals surface area contributed by atoms with E-state index < -0.39 is 0 Å². The highest BCUT2D eigenvalue weighted by atomic mass is 127. The Kier molecular flexibility index (Phi) is 5.41. The molecule has 0 saturated carbocycles. The Labute approximate surface area is 130 Å². The van der Waals surface area contributed by atoms with E-state index in [1.54, 1.807) is 4.68 Å². The van der Waals surface area contributed by atoms with Crippen LogP contribution in [0.5, 0.6) is 0 Å². The van der Waals surface area contributed by atoms with Crippen LogP contribution in [0, 0.1) is 3.57 Å². The van der Waals surface area contributed by atoms with Crippen molar-refractivity contribution in [3.63, 3.8) is 0 Å². The maximum atomic E-state index is 8.75. The number of aryl methyl sites for hydroxylation is 1. The molecule has 0 radical (unpaired) electrons. The molecule has 0 amide bonds. The van der Waals surface area contributed by atoms with E-state index in [4.69, 9.17) is 16.7 Å². The Balaban J connectivity index is 1.92. The van der Waals surface area contributed by atoms with Crippen LogP contribution in [0.2, 0.25) is 5.02 Å². The molecular formula is C12H14ClIN4O. The zero-order valence-corrected chi connectivity index (χ0v) is 13.1. The van der Waals surface area contributed by atoms with Gasteiger partial charge < -0.3 is 10.4 Å². The second-order valence-electron chi connectivity index (χ2n) is 4.03. The van der Waals surface area contributed by atoms with Gasteiger partial charge in [-0.1, -0.05) is 16.8 Å². The molecule has 5 nitrogen and oxygen atoms in total. The summed E-state index contributed by atoms with van der Waals surface area (Å²) in [6.45, 7) is 1.40. The molecule has 0 aliphatic rings. The largest absolute Gasteiger partial charge is 0.396 e. The third-order valence-electron chi connectivity index (χ3n) is 2.52. The van der Waals surface area contributed by atoms with E-state index in [-0.39, 0.29) is 6.61 Å². The number of aromatic nitrogens is 3. The molecule has 0 fully saturated rings. The average Bonchev–Trinajstić information content (AvgIpc) is 2.83. The maximum Gasteiger partial charge on any atom is 0.102 e. The molecule has 102 valence electrons. The van der Waals surface area contributed by atoms with Crippen LogP contribution >= 0.6 is 34.2 Å². The first-order chi connectivity index (χ1) is 9.19. The third-order valence-corrected chi connectivity index (χ3v) is 3.51. The monoisotopic (exact) mass is 392 g/mol. The highest BCUT2D eigenvalue weighted by Crippen LogP contribution is 2.24. The number of aliphatic hydroxyl groups excluding tert-OH is 1. The Morgan fingerprint density at radius 1 is 1.42 bits per heavy atom. The van der Waals surface area contributed by atoms with Crippen LogP contribution in [0.3, 0.4) is 0 Å². The van der Waals surface area contributed by atoms with Gasteiger partial charge in [0.25, 0.3) is 0 Å². The van der Waals surface area contributed by atoms with Gasteiger partial charge >= 0.3 is 0 Å². The number of nitrogens with one attached hydrogen (secondary N) is 1. The normalized spacial score (nSPS) is 10.7. The molecule has 0 atom stereocenters. The minimum absolute atomic E-state index is 0.158. The number of hydrogen-bond acceptors (Lipinski definition) is 4. The Morgan fingerprint density at radius 2 is 2.26 bits per heavy atom. The Morgan fingerprint density at radius 3 is 3.00 bits per heavy atom. The smallest absolute Gasteiger partial charge is 0.102 e. The van der Waals surface area contributed by atoms with Crippen LogP contribution in [0.1, 0.15) is 12.1 Å². The molecule has 0 unspecified atom stereocenters. The summed E-state index contributed by atoms with van der Waals surface area (Å²) in [5, 5.41) is 20.7. The topological polar surface area (TPSA) is 63.0 Å². The fourth-order valence-corrected chi connectivity index (χ4v) is 2.50. The average molecular weight is 393 g/mol. The fraction of sp³-hybridized carbons (Fsp3) is 0.333. The summed E-state index contributed by atoms with van der Waals surface area (Å²) in [6.07, 6.45) is 2.54. The lowest BCUT2D eigenvalue weighted by Crippen LogP contribution is -2.01. The Bertz CT molecular complexity index is 546. The zero-order chi connectivity index (χ0) is 13.7. The summed E-state index contributed by atoms with van der Waals surface area (Å²) in [6, 6.07) is 5.84. The van der Waals surface area contributed by atoms with Crippen LogP contribution < -0.4 is 5.32 Å².